The number of piperidine rings is 1. The average molecular weight is 224 g/mol. The fourth-order valence-corrected chi connectivity index (χ4v) is 3.05. The van der Waals surface area contributed by atoms with Crippen LogP contribution in [0.1, 0.15) is 25.0 Å². The maximum Gasteiger partial charge on any atom is 0.227 e. The second-order valence-corrected chi connectivity index (χ2v) is 5.00. The van der Waals surface area contributed by atoms with Crippen LogP contribution in [0.3, 0.4) is 0 Å². The fourth-order valence-electron chi connectivity index (χ4n) is 2.81. The van der Waals surface area contributed by atoms with E-state index in [9.17, 15) is 0 Å². The summed E-state index contributed by atoms with van der Waals surface area (Å²) in [5.41, 5.74) is 0.952. The second-order valence-electron chi connectivity index (χ2n) is 4.62. The molecule has 15 heavy (non-hydrogen) atoms. The van der Waals surface area contributed by atoms with E-state index in [4.69, 9.17) is 11.6 Å². The Bertz CT molecular complexity index is 373. The highest BCUT2D eigenvalue weighted by Crippen LogP contribution is 2.39. The molecule has 1 aliphatic carbocycles. The zero-order chi connectivity index (χ0) is 10.4. The number of anilines is 1. The number of aryl methyl sites for hydroxylation is 1. The van der Waals surface area contributed by atoms with E-state index in [0.717, 1.165) is 24.1 Å². The molecule has 1 aromatic heterocycles. The molecule has 0 amide bonds. The first-order valence-corrected chi connectivity index (χ1v) is 5.88. The van der Waals surface area contributed by atoms with E-state index < -0.39 is 0 Å². The molecule has 0 radical (unpaired) electrons. The Morgan fingerprint density at radius 1 is 1.40 bits per heavy atom. The van der Waals surface area contributed by atoms with Crippen LogP contribution in [0.25, 0.3) is 0 Å². The molecule has 0 spiro atoms. The van der Waals surface area contributed by atoms with Crippen LogP contribution in [0.4, 0.5) is 5.95 Å². The van der Waals surface area contributed by atoms with Crippen LogP contribution < -0.4 is 4.90 Å². The summed E-state index contributed by atoms with van der Waals surface area (Å²) < 4.78 is 0. The van der Waals surface area contributed by atoms with Crippen molar-refractivity contribution in [3.8, 4) is 0 Å². The van der Waals surface area contributed by atoms with Gasteiger partial charge >= 0.3 is 0 Å². The van der Waals surface area contributed by atoms with Gasteiger partial charge in [0.05, 0.1) is 0 Å². The van der Waals surface area contributed by atoms with Crippen LogP contribution >= 0.6 is 11.6 Å². The van der Waals surface area contributed by atoms with Crippen LogP contribution in [0, 0.1) is 12.8 Å². The number of hydrogen-bond donors (Lipinski definition) is 0. The van der Waals surface area contributed by atoms with Gasteiger partial charge in [0.2, 0.25) is 5.95 Å². The highest BCUT2D eigenvalue weighted by Gasteiger charge is 2.39. The molecule has 2 unspecified atom stereocenters. The molecule has 80 valence electrons. The molecule has 2 heterocycles. The van der Waals surface area contributed by atoms with Crippen molar-refractivity contribution in [2.75, 3.05) is 11.4 Å². The lowest BCUT2D eigenvalue weighted by Crippen LogP contribution is -2.33. The first-order valence-electron chi connectivity index (χ1n) is 5.50. The van der Waals surface area contributed by atoms with Gasteiger partial charge in [0.1, 0.15) is 5.15 Å². The second kappa shape index (κ2) is 3.34. The molecule has 0 aromatic carbocycles. The van der Waals surface area contributed by atoms with Gasteiger partial charge < -0.3 is 4.90 Å². The molecule has 1 saturated carbocycles. The summed E-state index contributed by atoms with van der Waals surface area (Å²) in [6.45, 7) is 3.08. The minimum atomic E-state index is 0.556. The smallest absolute Gasteiger partial charge is 0.227 e. The summed E-state index contributed by atoms with van der Waals surface area (Å²) in [4.78, 5) is 11.1. The third-order valence-electron chi connectivity index (χ3n) is 3.48. The largest absolute Gasteiger partial charge is 0.338 e. The van der Waals surface area contributed by atoms with Gasteiger partial charge in [-0.15, -0.1) is 0 Å². The zero-order valence-corrected chi connectivity index (χ0v) is 9.54. The lowest BCUT2D eigenvalue weighted by atomic mass is 10.1. The van der Waals surface area contributed by atoms with Crippen molar-refractivity contribution in [1.29, 1.82) is 0 Å². The number of fused-ring (bicyclic) bond motifs is 2. The summed E-state index contributed by atoms with van der Waals surface area (Å²) in [5.74, 6) is 1.69. The molecule has 3 rings (SSSR count). The van der Waals surface area contributed by atoms with Crippen molar-refractivity contribution in [3.05, 3.63) is 16.9 Å². The number of rotatable bonds is 1. The van der Waals surface area contributed by atoms with Gasteiger partial charge in [0, 0.05) is 18.3 Å². The Labute approximate surface area is 94.5 Å². The Hall–Kier alpha value is -0.830. The van der Waals surface area contributed by atoms with Crippen molar-refractivity contribution in [1.82, 2.24) is 9.97 Å². The van der Waals surface area contributed by atoms with Crippen molar-refractivity contribution < 1.29 is 0 Å². The molecule has 1 aromatic rings. The molecule has 1 aliphatic heterocycles. The number of halogens is 1. The maximum absolute atomic E-state index is 5.95. The van der Waals surface area contributed by atoms with Crippen LogP contribution in [-0.2, 0) is 0 Å². The fraction of sp³-hybridized carbons (Fsp3) is 0.636. The lowest BCUT2D eigenvalue weighted by Gasteiger charge is -2.27. The van der Waals surface area contributed by atoms with Crippen molar-refractivity contribution in [2.24, 2.45) is 5.92 Å². The zero-order valence-electron chi connectivity index (χ0n) is 8.78. The van der Waals surface area contributed by atoms with E-state index in [1.807, 2.05) is 6.92 Å². The van der Waals surface area contributed by atoms with Crippen molar-refractivity contribution in [3.63, 3.8) is 0 Å². The molecule has 3 nitrogen and oxygen atoms in total. The highest BCUT2D eigenvalue weighted by atomic mass is 35.5. The topological polar surface area (TPSA) is 29.0 Å². The van der Waals surface area contributed by atoms with Gasteiger partial charge in [0.15, 0.2) is 0 Å². The Kier molecular flexibility index (Phi) is 2.09. The number of aromatic nitrogens is 2. The summed E-state index contributed by atoms with van der Waals surface area (Å²) in [6.07, 6.45) is 3.98. The lowest BCUT2D eigenvalue weighted by molar-refractivity contribution is 0.546. The highest BCUT2D eigenvalue weighted by molar-refractivity contribution is 6.29. The molecule has 1 saturated heterocycles. The Morgan fingerprint density at radius 2 is 2.27 bits per heavy atom. The molecule has 2 bridgehead atoms. The van der Waals surface area contributed by atoms with Gasteiger partial charge in [0.25, 0.3) is 0 Å². The predicted octanol–water partition coefficient (Wildman–Crippen LogP) is 2.43. The molecule has 2 aliphatic rings. The van der Waals surface area contributed by atoms with Gasteiger partial charge in [-0.1, -0.05) is 11.6 Å². The third-order valence-corrected chi connectivity index (χ3v) is 3.67. The first-order chi connectivity index (χ1) is 7.22. The van der Waals surface area contributed by atoms with E-state index in [1.165, 1.54) is 19.3 Å². The van der Waals surface area contributed by atoms with Gasteiger partial charge in [-0.3, -0.25) is 0 Å². The Balaban J connectivity index is 1.93. The van der Waals surface area contributed by atoms with E-state index in [2.05, 4.69) is 14.9 Å². The summed E-state index contributed by atoms with van der Waals surface area (Å²) in [7, 11) is 0. The minimum absolute atomic E-state index is 0.556. The van der Waals surface area contributed by atoms with Crippen LogP contribution in [0.2, 0.25) is 5.15 Å². The quantitative estimate of drug-likeness (QED) is 0.685. The van der Waals surface area contributed by atoms with Gasteiger partial charge in [-0.2, -0.15) is 0 Å². The summed E-state index contributed by atoms with van der Waals surface area (Å²) in [6, 6.07) is 2.47. The Morgan fingerprint density at radius 3 is 2.87 bits per heavy atom. The molecular weight excluding hydrogens is 210 g/mol. The normalized spacial score (nSPS) is 28.8. The number of hydrogen-bond acceptors (Lipinski definition) is 3. The van der Waals surface area contributed by atoms with Crippen LogP contribution in [-0.4, -0.2) is 22.6 Å². The number of nitrogens with zero attached hydrogens (tertiary/aromatic N) is 3. The van der Waals surface area contributed by atoms with E-state index in [1.54, 1.807) is 6.07 Å². The maximum atomic E-state index is 5.95. The van der Waals surface area contributed by atoms with Gasteiger partial charge in [-0.05, 0) is 38.2 Å². The third kappa shape index (κ3) is 1.59. The molecular formula is C11H14ClN3. The van der Waals surface area contributed by atoms with Crippen LogP contribution in [0.5, 0.6) is 0 Å². The van der Waals surface area contributed by atoms with E-state index in [0.29, 0.717) is 11.2 Å². The van der Waals surface area contributed by atoms with E-state index >= 15 is 0 Å². The first kappa shape index (κ1) is 9.40. The SMILES string of the molecule is Cc1cc(Cl)nc(N2CC3CCC2C3)n1. The predicted molar refractivity (Wildman–Crippen MR) is 60.3 cm³/mol. The van der Waals surface area contributed by atoms with Gasteiger partial charge in [-0.25, -0.2) is 9.97 Å². The average Bonchev–Trinajstić information content (AvgIpc) is 2.76. The molecule has 2 atom stereocenters. The van der Waals surface area contributed by atoms with Crippen molar-refractivity contribution >= 4 is 17.5 Å². The van der Waals surface area contributed by atoms with E-state index in [-0.39, 0.29) is 0 Å². The minimum Gasteiger partial charge on any atom is -0.338 e. The summed E-state index contributed by atoms with van der Waals surface area (Å²) in [5, 5.41) is 0.556. The molecule has 4 heteroatoms. The summed E-state index contributed by atoms with van der Waals surface area (Å²) >= 11 is 5.95. The molecule has 2 fully saturated rings. The van der Waals surface area contributed by atoms with Crippen molar-refractivity contribution in [2.45, 2.75) is 32.2 Å². The monoisotopic (exact) mass is 223 g/mol. The van der Waals surface area contributed by atoms with Crippen LogP contribution in [0.15, 0.2) is 6.07 Å². The molecule has 0 N–H and O–H groups in total. The standard InChI is InChI=1S/C11H14ClN3/c1-7-4-10(12)14-11(13-7)15-6-8-2-3-9(15)5-8/h4,8-9H,2-3,5-6H2,1H3.